The monoisotopic (exact) mass is 410 g/mol. The zero-order chi connectivity index (χ0) is 20.8. The number of aromatic nitrogens is 1. The minimum Gasteiger partial charge on any atom is -0.494 e. The molecule has 0 aliphatic rings. The molecule has 2 aromatic carbocycles. The third-order valence-electron chi connectivity index (χ3n) is 4.23. The van der Waals surface area contributed by atoms with Crippen LogP contribution in [0.15, 0.2) is 59.5 Å². The van der Waals surface area contributed by atoms with E-state index in [1.165, 1.54) is 11.8 Å². The molecule has 2 N–H and O–H groups in total. The van der Waals surface area contributed by atoms with Gasteiger partial charge in [0.05, 0.1) is 12.1 Å². The number of amides is 1. The van der Waals surface area contributed by atoms with Gasteiger partial charge in [-0.15, -0.1) is 11.8 Å². The van der Waals surface area contributed by atoms with Gasteiger partial charge in [0, 0.05) is 27.3 Å². The summed E-state index contributed by atoms with van der Waals surface area (Å²) in [6.45, 7) is 4.37. The predicted molar refractivity (Wildman–Crippen MR) is 114 cm³/mol. The fourth-order valence-electron chi connectivity index (χ4n) is 2.85. The smallest absolute Gasteiger partial charge is 0.327 e. The van der Waals surface area contributed by atoms with E-state index in [9.17, 15) is 14.7 Å². The molecule has 0 spiro atoms. The highest BCUT2D eigenvalue weighted by Gasteiger charge is 2.21. The van der Waals surface area contributed by atoms with E-state index in [4.69, 9.17) is 4.74 Å². The SMILES string of the molecule is CCOc1ccc2nc(C)cc(SC[C@H](NC(=O)c3ccccc3)C(=O)O)c2c1. The summed E-state index contributed by atoms with van der Waals surface area (Å²) in [4.78, 5) is 29.5. The average molecular weight is 410 g/mol. The fraction of sp³-hybridized carbons (Fsp3) is 0.227. The van der Waals surface area contributed by atoms with Crippen molar-refractivity contribution in [1.82, 2.24) is 10.3 Å². The molecule has 0 unspecified atom stereocenters. The number of rotatable bonds is 8. The maximum atomic E-state index is 12.3. The number of thioether (sulfide) groups is 1. The average Bonchev–Trinajstić information content (AvgIpc) is 2.71. The van der Waals surface area contributed by atoms with Gasteiger partial charge in [-0.25, -0.2) is 4.79 Å². The van der Waals surface area contributed by atoms with E-state index in [-0.39, 0.29) is 5.75 Å². The number of carbonyl (C=O) groups excluding carboxylic acids is 1. The van der Waals surface area contributed by atoms with Crippen molar-refractivity contribution < 1.29 is 19.4 Å². The van der Waals surface area contributed by atoms with Crippen LogP contribution in [-0.2, 0) is 4.79 Å². The Morgan fingerprint density at radius 3 is 2.62 bits per heavy atom. The zero-order valence-electron chi connectivity index (χ0n) is 16.2. The molecule has 3 aromatic rings. The molecule has 1 heterocycles. The van der Waals surface area contributed by atoms with Crippen LogP contribution in [0, 0.1) is 6.92 Å². The highest BCUT2D eigenvalue weighted by atomic mass is 32.2. The number of hydrogen-bond acceptors (Lipinski definition) is 5. The number of carboxylic acids is 1. The molecule has 0 aliphatic heterocycles. The predicted octanol–water partition coefficient (Wildman–Crippen LogP) is 3.92. The lowest BCUT2D eigenvalue weighted by Crippen LogP contribution is -2.42. The molecule has 0 bridgehead atoms. The first-order valence-corrected chi connectivity index (χ1v) is 10.2. The first kappa shape index (κ1) is 20.7. The van der Waals surface area contributed by atoms with E-state index < -0.39 is 17.9 Å². The Hall–Kier alpha value is -3.06. The Bertz CT molecular complexity index is 1020. The minimum atomic E-state index is -1.08. The molecule has 6 nitrogen and oxygen atoms in total. The number of hydrogen-bond donors (Lipinski definition) is 2. The highest BCUT2D eigenvalue weighted by molar-refractivity contribution is 7.99. The first-order valence-electron chi connectivity index (χ1n) is 9.23. The Balaban J connectivity index is 1.80. The Labute approximate surface area is 173 Å². The summed E-state index contributed by atoms with van der Waals surface area (Å²) < 4.78 is 5.58. The number of fused-ring (bicyclic) bond motifs is 1. The molecular formula is C22H22N2O4S. The topological polar surface area (TPSA) is 88.5 Å². The van der Waals surface area contributed by atoms with Crippen molar-refractivity contribution in [3.8, 4) is 5.75 Å². The van der Waals surface area contributed by atoms with E-state index in [1.807, 2.05) is 38.1 Å². The van der Waals surface area contributed by atoms with Gasteiger partial charge in [-0.05, 0) is 50.2 Å². The van der Waals surface area contributed by atoms with E-state index in [0.717, 1.165) is 27.2 Å². The molecule has 0 aliphatic carbocycles. The van der Waals surface area contributed by atoms with Crippen LogP contribution in [-0.4, -0.2) is 40.4 Å². The molecule has 1 atom stereocenters. The third kappa shape index (κ3) is 5.26. The normalized spacial score (nSPS) is 11.8. The number of pyridine rings is 1. The lowest BCUT2D eigenvalue weighted by atomic mass is 10.2. The molecular weight excluding hydrogens is 388 g/mol. The van der Waals surface area contributed by atoms with Gasteiger partial charge in [-0.1, -0.05) is 18.2 Å². The van der Waals surface area contributed by atoms with Gasteiger partial charge in [0.2, 0.25) is 0 Å². The van der Waals surface area contributed by atoms with Gasteiger partial charge in [0.25, 0.3) is 5.91 Å². The number of aliphatic carboxylic acids is 1. The molecule has 3 rings (SSSR count). The van der Waals surface area contributed by atoms with Gasteiger partial charge in [-0.2, -0.15) is 0 Å². The molecule has 0 radical (unpaired) electrons. The largest absolute Gasteiger partial charge is 0.494 e. The Morgan fingerprint density at radius 1 is 1.17 bits per heavy atom. The summed E-state index contributed by atoms with van der Waals surface area (Å²) in [7, 11) is 0. The molecule has 0 saturated heterocycles. The lowest BCUT2D eigenvalue weighted by Gasteiger charge is -2.15. The van der Waals surface area contributed by atoms with E-state index in [0.29, 0.717) is 12.2 Å². The number of nitrogens with zero attached hydrogens (tertiary/aromatic N) is 1. The number of benzene rings is 2. The van der Waals surface area contributed by atoms with E-state index in [2.05, 4.69) is 10.3 Å². The number of nitrogens with one attached hydrogen (secondary N) is 1. The maximum absolute atomic E-state index is 12.3. The summed E-state index contributed by atoms with van der Waals surface area (Å²) in [5, 5.41) is 13.1. The van der Waals surface area contributed by atoms with Crippen LogP contribution in [0.5, 0.6) is 5.75 Å². The highest BCUT2D eigenvalue weighted by Crippen LogP contribution is 2.31. The van der Waals surface area contributed by atoms with Crippen LogP contribution in [0.3, 0.4) is 0 Å². The summed E-state index contributed by atoms with van der Waals surface area (Å²) in [5.41, 5.74) is 2.08. The van der Waals surface area contributed by atoms with E-state index >= 15 is 0 Å². The van der Waals surface area contributed by atoms with Gasteiger partial charge >= 0.3 is 5.97 Å². The molecule has 150 valence electrons. The zero-order valence-corrected chi connectivity index (χ0v) is 17.0. The lowest BCUT2D eigenvalue weighted by molar-refractivity contribution is -0.138. The van der Waals surface area contributed by atoms with Crippen molar-refractivity contribution in [2.45, 2.75) is 24.8 Å². The minimum absolute atomic E-state index is 0.186. The third-order valence-corrected chi connectivity index (χ3v) is 5.37. The van der Waals surface area contributed by atoms with Crippen LogP contribution >= 0.6 is 11.8 Å². The quantitative estimate of drug-likeness (QED) is 0.547. The van der Waals surface area contributed by atoms with Crippen LogP contribution in [0.2, 0.25) is 0 Å². The summed E-state index contributed by atoms with van der Waals surface area (Å²) in [5.74, 6) is -0.565. The van der Waals surface area contributed by atoms with Crippen LogP contribution in [0.4, 0.5) is 0 Å². The second kappa shape index (κ2) is 9.43. The maximum Gasteiger partial charge on any atom is 0.327 e. The van der Waals surface area contributed by atoms with Crippen molar-refractivity contribution in [2.24, 2.45) is 0 Å². The molecule has 1 aromatic heterocycles. The summed E-state index contributed by atoms with van der Waals surface area (Å²) in [6.07, 6.45) is 0. The Kier molecular flexibility index (Phi) is 6.72. The van der Waals surface area contributed by atoms with Crippen LogP contribution in [0.25, 0.3) is 10.9 Å². The van der Waals surface area contributed by atoms with Crippen molar-refractivity contribution in [1.29, 1.82) is 0 Å². The van der Waals surface area contributed by atoms with Gasteiger partial charge in [0.1, 0.15) is 11.8 Å². The molecule has 7 heteroatoms. The van der Waals surface area contributed by atoms with Gasteiger partial charge < -0.3 is 15.2 Å². The molecule has 0 saturated carbocycles. The van der Waals surface area contributed by atoms with Crippen molar-refractivity contribution in [2.75, 3.05) is 12.4 Å². The van der Waals surface area contributed by atoms with E-state index in [1.54, 1.807) is 30.3 Å². The van der Waals surface area contributed by atoms with Crippen LogP contribution in [0.1, 0.15) is 23.0 Å². The first-order chi connectivity index (χ1) is 14.0. The molecule has 0 fully saturated rings. The van der Waals surface area contributed by atoms with Crippen molar-refractivity contribution in [3.05, 3.63) is 65.9 Å². The number of ether oxygens (including phenoxy) is 1. The Morgan fingerprint density at radius 2 is 1.93 bits per heavy atom. The number of carbonyl (C=O) groups is 2. The second-order valence-corrected chi connectivity index (χ2v) is 7.48. The van der Waals surface area contributed by atoms with Crippen molar-refractivity contribution in [3.63, 3.8) is 0 Å². The van der Waals surface area contributed by atoms with Gasteiger partial charge in [0.15, 0.2) is 0 Å². The molecule has 29 heavy (non-hydrogen) atoms. The number of aryl methyl sites for hydroxylation is 1. The second-order valence-electron chi connectivity index (χ2n) is 6.42. The van der Waals surface area contributed by atoms with Crippen molar-refractivity contribution >= 4 is 34.5 Å². The fourth-order valence-corrected chi connectivity index (χ4v) is 4.00. The van der Waals surface area contributed by atoms with Crippen LogP contribution < -0.4 is 10.1 Å². The number of carboxylic acid groups (broad SMARTS) is 1. The standard InChI is InChI=1S/C22H22N2O4S/c1-3-28-16-9-10-18-17(12-16)20(11-14(2)23-18)29-13-19(22(26)27)24-21(25)15-7-5-4-6-8-15/h4-12,19H,3,13H2,1-2H3,(H,24,25)(H,26,27)/t19-/m0/s1. The molecule has 1 amide bonds. The summed E-state index contributed by atoms with van der Waals surface area (Å²) in [6, 6.07) is 15.1. The van der Waals surface area contributed by atoms with Gasteiger partial charge in [-0.3, -0.25) is 9.78 Å². The summed E-state index contributed by atoms with van der Waals surface area (Å²) >= 11 is 1.37.